The van der Waals surface area contributed by atoms with Crippen LogP contribution in [0.25, 0.3) is 0 Å². The van der Waals surface area contributed by atoms with E-state index in [1.54, 1.807) is 12.2 Å². The number of ether oxygens (including phenoxy) is 2. The first-order valence-corrected chi connectivity index (χ1v) is 7.47. The van der Waals surface area contributed by atoms with Gasteiger partial charge in [0, 0.05) is 6.42 Å². The second-order valence-electron chi connectivity index (χ2n) is 5.71. The molecule has 0 unspecified atom stereocenters. The van der Waals surface area contributed by atoms with Crippen LogP contribution in [0.15, 0.2) is 36.5 Å². The van der Waals surface area contributed by atoms with Crippen LogP contribution in [-0.2, 0) is 14.3 Å². The number of hydrogen-bond acceptors (Lipinski definition) is 3. The molecule has 1 heterocycles. The van der Waals surface area contributed by atoms with Crippen molar-refractivity contribution in [3.8, 4) is 0 Å². The van der Waals surface area contributed by atoms with Gasteiger partial charge in [-0.15, -0.1) is 0 Å². The van der Waals surface area contributed by atoms with Crippen LogP contribution in [0.1, 0.15) is 34.1 Å². The lowest BCUT2D eigenvalue weighted by Crippen LogP contribution is -2.51. The molecule has 0 aliphatic carbocycles. The molecular formula is C17H27NO3. The highest BCUT2D eigenvalue weighted by molar-refractivity contribution is 5.87. The van der Waals surface area contributed by atoms with Crippen molar-refractivity contribution in [3.63, 3.8) is 0 Å². The first-order valence-electron chi connectivity index (χ1n) is 7.47. The van der Waals surface area contributed by atoms with Gasteiger partial charge < -0.3 is 14.8 Å². The van der Waals surface area contributed by atoms with E-state index in [0.717, 1.165) is 5.57 Å². The van der Waals surface area contributed by atoms with Crippen molar-refractivity contribution < 1.29 is 14.3 Å². The molecule has 0 bridgehead atoms. The molecule has 1 amide bonds. The second kappa shape index (κ2) is 8.80. The molecule has 1 aliphatic heterocycles. The molecule has 1 aliphatic rings. The summed E-state index contributed by atoms with van der Waals surface area (Å²) in [4.78, 5) is 11.8. The van der Waals surface area contributed by atoms with E-state index < -0.39 is 0 Å². The molecule has 0 spiro atoms. The molecular weight excluding hydrogens is 266 g/mol. The first-order chi connectivity index (χ1) is 9.92. The molecule has 1 rings (SSSR count). The van der Waals surface area contributed by atoms with Crippen LogP contribution in [0.2, 0.25) is 0 Å². The maximum Gasteiger partial charge on any atom is 0.244 e. The summed E-state index contributed by atoms with van der Waals surface area (Å²) in [5, 5.41) is 2.91. The summed E-state index contributed by atoms with van der Waals surface area (Å²) in [5.41, 5.74) is 1.10. The zero-order valence-electron chi connectivity index (χ0n) is 13.5. The highest BCUT2D eigenvalue weighted by atomic mass is 16.7. The molecule has 1 saturated heterocycles. The van der Waals surface area contributed by atoms with E-state index in [1.165, 1.54) is 0 Å². The van der Waals surface area contributed by atoms with E-state index in [2.05, 4.69) is 11.9 Å². The Kier molecular flexibility index (Phi) is 7.40. The van der Waals surface area contributed by atoms with Gasteiger partial charge >= 0.3 is 0 Å². The highest BCUT2D eigenvalue weighted by Gasteiger charge is 2.28. The molecule has 21 heavy (non-hydrogen) atoms. The fourth-order valence-corrected chi connectivity index (χ4v) is 1.88. The van der Waals surface area contributed by atoms with E-state index in [9.17, 15) is 4.79 Å². The maximum absolute atomic E-state index is 11.8. The zero-order chi connectivity index (χ0) is 15.8. The molecule has 0 aromatic heterocycles. The van der Waals surface area contributed by atoms with Gasteiger partial charge in [0.15, 0.2) is 6.29 Å². The first kappa shape index (κ1) is 17.7. The van der Waals surface area contributed by atoms with Crippen LogP contribution in [0.3, 0.4) is 0 Å². The van der Waals surface area contributed by atoms with Crippen molar-refractivity contribution in [2.45, 2.75) is 52.6 Å². The Balaban J connectivity index is 2.42. The van der Waals surface area contributed by atoms with Crippen molar-refractivity contribution in [1.82, 2.24) is 5.32 Å². The second-order valence-corrected chi connectivity index (χ2v) is 5.71. The minimum absolute atomic E-state index is 0.0717. The van der Waals surface area contributed by atoms with Crippen molar-refractivity contribution in [3.05, 3.63) is 36.5 Å². The molecule has 118 valence electrons. The number of nitrogens with one attached hydrogen (secondary N) is 1. The molecule has 0 aromatic carbocycles. The number of hydrogen-bond donors (Lipinski definition) is 1. The number of amides is 1. The lowest BCUT2D eigenvalue weighted by atomic mass is 10.1. The summed E-state index contributed by atoms with van der Waals surface area (Å²) >= 11 is 0. The lowest BCUT2D eigenvalue weighted by Gasteiger charge is -2.34. The molecule has 3 atom stereocenters. The molecule has 1 N–H and O–H groups in total. The van der Waals surface area contributed by atoms with Crippen molar-refractivity contribution in [2.24, 2.45) is 5.92 Å². The summed E-state index contributed by atoms with van der Waals surface area (Å²) in [6.07, 6.45) is 7.64. The fourth-order valence-electron chi connectivity index (χ4n) is 1.88. The number of allylic oxidation sites excluding steroid dienone is 3. The number of carbonyl (C=O) groups excluding carboxylic acids is 1. The predicted molar refractivity (Wildman–Crippen MR) is 84.8 cm³/mol. The highest BCUT2D eigenvalue weighted by Crippen LogP contribution is 2.16. The molecule has 0 saturated carbocycles. The minimum atomic E-state index is -0.255. The fraction of sp³-hybridized carbons (Fsp3) is 0.588. The minimum Gasteiger partial charge on any atom is -0.350 e. The third-order valence-electron chi connectivity index (χ3n) is 3.31. The van der Waals surface area contributed by atoms with Crippen molar-refractivity contribution in [1.29, 1.82) is 0 Å². The summed E-state index contributed by atoms with van der Waals surface area (Å²) < 4.78 is 11.4. The van der Waals surface area contributed by atoms with Crippen LogP contribution in [-0.4, -0.2) is 30.9 Å². The van der Waals surface area contributed by atoms with Crippen molar-refractivity contribution in [2.75, 3.05) is 6.61 Å². The molecule has 1 fully saturated rings. The van der Waals surface area contributed by atoms with Gasteiger partial charge in [0.1, 0.15) is 0 Å². The van der Waals surface area contributed by atoms with E-state index in [0.29, 0.717) is 18.9 Å². The number of rotatable bonds is 6. The normalized spacial score (nSPS) is 27.1. The average molecular weight is 293 g/mol. The Morgan fingerprint density at radius 2 is 2.19 bits per heavy atom. The van der Waals surface area contributed by atoms with Crippen LogP contribution < -0.4 is 5.32 Å². The van der Waals surface area contributed by atoms with Gasteiger partial charge in [-0.2, -0.15) is 0 Å². The van der Waals surface area contributed by atoms with Gasteiger partial charge in [-0.25, -0.2) is 0 Å². The van der Waals surface area contributed by atoms with Crippen LogP contribution >= 0.6 is 0 Å². The van der Waals surface area contributed by atoms with E-state index in [4.69, 9.17) is 9.47 Å². The summed E-state index contributed by atoms with van der Waals surface area (Å²) in [6, 6.07) is -0.116. The van der Waals surface area contributed by atoms with Crippen molar-refractivity contribution >= 4 is 5.91 Å². The van der Waals surface area contributed by atoms with E-state index in [-0.39, 0.29) is 24.3 Å². The Labute approximate surface area is 127 Å². The topological polar surface area (TPSA) is 47.6 Å². The maximum atomic E-state index is 11.8. The standard InChI is InChI=1S/C17H27NO3/c1-6-13(4)8-10-17-20-11-15(14(5)21-17)18-16(19)9-7-12(2)3/h6-9,12,14-15,17H,1,10-11H2,2-5H3,(H,18,19)/b9-7-,13-8+/t14-,15-,17+/m1/s1. The van der Waals surface area contributed by atoms with E-state index in [1.807, 2.05) is 39.8 Å². The van der Waals surface area contributed by atoms with Gasteiger partial charge in [-0.05, 0) is 25.8 Å². The van der Waals surface area contributed by atoms with E-state index >= 15 is 0 Å². The molecule has 0 radical (unpaired) electrons. The summed E-state index contributed by atoms with van der Waals surface area (Å²) in [7, 11) is 0. The van der Waals surface area contributed by atoms with Gasteiger partial charge in [0.25, 0.3) is 0 Å². The lowest BCUT2D eigenvalue weighted by molar-refractivity contribution is -0.217. The Hall–Kier alpha value is -1.39. The zero-order valence-corrected chi connectivity index (χ0v) is 13.5. The van der Waals surface area contributed by atoms with Gasteiger partial charge in [0.2, 0.25) is 5.91 Å². The summed E-state index contributed by atoms with van der Waals surface area (Å²) in [6.45, 7) is 12.2. The Morgan fingerprint density at radius 3 is 2.76 bits per heavy atom. The summed E-state index contributed by atoms with van der Waals surface area (Å²) in [5.74, 6) is 0.255. The molecule has 4 nitrogen and oxygen atoms in total. The Bertz CT molecular complexity index is 412. The van der Waals surface area contributed by atoms with Gasteiger partial charge in [0.05, 0.1) is 18.8 Å². The largest absolute Gasteiger partial charge is 0.350 e. The molecule has 0 aromatic rings. The monoisotopic (exact) mass is 293 g/mol. The van der Waals surface area contributed by atoms with Gasteiger partial charge in [-0.1, -0.05) is 44.2 Å². The average Bonchev–Trinajstić information content (AvgIpc) is 2.45. The van der Waals surface area contributed by atoms with Crippen LogP contribution in [0.5, 0.6) is 0 Å². The van der Waals surface area contributed by atoms with Crippen LogP contribution in [0, 0.1) is 5.92 Å². The number of carbonyl (C=O) groups is 1. The molecule has 4 heteroatoms. The van der Waals surface area contributed by atoms with Crippen LogP contribution in [0.4, 0.5) is 0 Å². The smallest absolute Gasteiger partial charge is 0.244 e. The quantitative estimate of drug-likeness (QED) is 0.605. The van der Waals surface area contributed by atoms with Gasteiger partial charge in [-0.3, -0.25) is 4.79 Å². The third kappa shape index (κ3) is 6.74. The third-order valence-corrected chi connectivity index (χ3v) is 3.31. The SMILES string of the molecule is C=C/C(C)=C/C[C@H]1OC[C@@H](NC(=O)/C=C\C(C)C)[C@@H](C)O1. The Morgan fingerprint density at radius 1 is 1.48 bits per heavy atom. The predicted octanol–water partition coefficient (Wildman–Crippen LogP) is 2.97.